The number of aromatic nitrogens is 1. The molecule has 92 valence electrons. The lowest BCUT2D eigenvalue weighted by atomic mass is 10.3. The van der Waals surface area contributed by atoms with Crippen LogP contribution in [-0.4, -0.2) is 18.4 Å². The molecule has 1 N–H and O–H groups in total. The van der Waals surface area contributed by atoms with Gasteiger partial charge in [0, 0.05) is 10.8 Å². The minimum absolute atomic E-state index is 0.235. The van der Waals surface area contributed by atoms with Gasteiger partial charge in [-0.15, -0.1) is 0 Å². The van der Waals surface area contributed by atoms with E-state index in [0.717, 1.165) is 0 Å². The zero-order valence-corrected chi connectivity index (χ0v) is 10.8. The fourth-order valence-corrected chi connectivity index (χ4v) is 2.16. The molecule has 0 fully saturated rings. The average molecular weight is 255 g/mol. The van der Waals surface area contributed by atoms with Crippen LogP contribution in [0.3, 0.4) is 0 Å². The van der Waals surface area contributed by atoms with Gasteiger partial charge in [0.25, 0.3) is 0 Å². The molecule has 17 heavy (non-hydrogen) atoms. The number of pyridine rings is 1. The molecule has 1 rings (SSSR count). The zero-order chi connectivity index (χ0) is 13.3. The average Bonchev–Trinajstić information content (AvgIpc) is 2.19. The summed E-state index contributed by atoms with van der Waals surface area (Å²) in [5.74, 6) is -0.265. The Bertz CT molecular complexity index is 565. The van der Waals surface area contributed by atoms with Crippen LogP contribution in [0, 0.1) is 11.3 Å². The van der Waals surface area contributed by atoms with E-state index in [4.69, 9.17) is 5.26 Å². The quantitative estimate of drug-likeness (QED) is 0.626. The van der Waals surface area contributed by atoms with E-state index >= 15 is 0 Å². The van der Waals surface area contributed by atoms with E-state index in [1.165, 1.54) is 18.3 Å². The first kappa shape index (κ1) is 13.5. The first-order chi connectivity index (χ1) is 7.67. The van der Waals surface area contributed by atoms with Gasteiger partial charge >= 0.3 is 0 Å². The Balaban J connectivity index is 3.11. The molecule has 0 spiro atoms. The third kappa shape index (κ3) is 2.94. The highest BCUT2D eigenvalue weighted by atomic mass is 32.2. The smallest absolute Gasteiger partial charge is 0.249 e. The predicted molar refractivity (Wildman–Crippen MR) is 60.9 cm³/mol. The summed E-state index contributed by atoms with van der Waals surface area (Å²) in [5.41, 5.74) is 0.503. The van der Waals surface area contributed by atoms with E-state index in [9.17, 15) is 13.6 Å². The lowest BCUT2D eigenvalue weighted by Crippen LogP contribution is -2.39. The van der Waals surface area contributed by atoms with Crippen LogP contribution < -0.4 is 4.73 Å². The van der Waals surface area contributed by atoms with Crippen molar-refractivity contribution in [2.24, 2.45) is 0 Å². The number of hydrogen-bond donors (Lipinski definition) is 1. The van der Waals surface area contributed by atoms with Gasteiger partial charge in [0.1, 0.15) is 17.4 Å². The second kappa shape index (κ2) is 4.34. The molecule has 0 saturated heterocycles. The van der Waals surface area contributed by atoms with Crippen LogP contribution in [0.4, 0.5) is 0 Å². The maximum Gasteiger partial charge on any atom is 0.249 e. The summed E-state index contributed by atoms with van der Waals surface area (Å²) < 4.78 is 23.7. The van der Waals surface area contributed by atoms with Gasteiger partial charge in [0.15, 0.2) is 9.84 Å². The SMILES string of the molecule is CC(C)(C)S(=O)(=O)Cc1ccc(C#N)c[n+]1O. The van der Waals surface area contributed by atoms with Crippen molar-refractivity contribution in [1.29, 1.82) is 5.26 Å². The Hall–Kier alpha value is -1.61. The largest absolute Gasteiger partial charge is 0.285 e. The molecule has 0 aromatic carbocycles. The van der Waals surface area contributed by atoms with Crippen LogP contribution in [0.2, 0.25) is 0 Å². The molecule has 1 heterocycles. The number of hydrogen-bond acceptors (Lipinski definition) is 4. The van der Waals surface area contributed by atoms with Crippen LogP contribution in [0.25, 0.3) is 0 Å². The van der Waals surface area contributed by atoms with Crippen LogP contribution in [-0.2, 0) is 15.6 Å². The van der Waals surface area contributed by atoms with E-state index in [-0.39, 0.29) is 17.0 Å². The molecule has 0 radical (unpaired) electrons. The Labute approximate surface area is 101 Å². The Morgan fingerprint density at radius 1 is 1.41 bits per heavy atom. The van der Waals surface area contributed by atoms with Gasteiger partial charge in [-0.1, -0.05) is 0 Å². The van der Waals surface area contributed by atoms with E-state index in [1.807, 2.05) is 6.07 Å². The molecule has 5 nitrogen and oxygen atoms in total. The topological polar surface area (TPSA) is 82.0 Å². The second-order valence-corrected chi connectivity index (χ2v) is 7.48. The van der Waals surface area contributed by atoms with Gasteiger partial charge in [-0.2, -0.15) is 5.26 Å². The molecule has 0 unspecified atom stereocenters. The molecule has 0 bridgehead atoms. The highest BCUT2D eigenvalue weighted by Gasteiger charge is 2.32. The summed E-state index contributed by atoms with van der Waals surface area (Å²) in [7, 11) is -3.36. The lowest BCUT2D eigenvalue weighted by molar-refractivity contribution is -0.909. The van der Waals surface area contributed by atoms with Crippen LogP contribution in [0.1, 0.15) is 32.0 Å². The number of nitriles is 1. The van der Waals surface area contributed by atoms with Gasteiger partial charge in [-0.3, -0.25) is 5.21 Å². The van der Waals surface area contributed by atoms with Crippen molar-refractivity contribution in [3.8, 4) is 6.07 Å². The van der Waals surface area contributed by atoms with Crippen LogP contribution >= 0.6 is 0 Å². The van der Waals surface area contributed by atoms with Crippen molar-refractivity contribution < 1.29 is 18.4 Å². The zero-order valence-electron chi connectivity index (χ0n) is 10.0. The molecule has 0 aliphatic rings. The van der Waals surface area contributed by atoms with E-state index in [0.29, 0.717) is 4.73 Å². The summed E-state index contributed by atoms with van der Waals surface area (Å²) in [4.78, 5) is 0. The Kier molecular flexibility index (Phi) is 3.43. The number of sulfone groups is 1. The van der Waals surface area contributed by atoms with Crippen molar-refractivity contribution in [2.45, 2.75) is 31.3 Å². The number of nitrogens with zero attached hydrogens (tertiary/aromatic N) is 2. The third-order valence-electron chi connectivity index (χ3n) is 2.41. The molecule has 1 aromatic rings. The monoisotopic (exact) mass is 255 g/mol. The van der Waals surface area contributed by atoms with Crippen molar-refractivity contribution in [3.05, 3.63) is 29.6 Å². The van der Waals surface area contributed by atoms with Gasteiger partial charge < -0.3 is 0 Å². The fourth-order valence-electron chi connectivity index (χ4n) is 1.11. The highest BCUT2D eigenvalue weighted by molar-refractivity contribution is 7.91. The summed E-state index contributed by atoms with van der Waals surface area (Å²) in [6.07, 6.45) is 1.19. The molecule has 0 saturated carbocycles. The van der Waals surface area contributed by atoms with Crippen molar-refractivity contribution in [3.63, 3.8) is 0 Å². The fraction of sp³-hybridized carbons (Fsp3) is 0.455. The standard InChI is InChI=1S/C11H15N2O3S/c1-11(2,3)17(15,16)8-10-5-4-9(6-12)7-13(10)14/h4-5,7,14H,8H2,1-3H3/q+1. The second-order valence-electron chi connectivity index (χ2n) is 4.74. The maximum atomic E-state index is 11.9. The van der Waals surface area contributed by atoms with Crippen molar-refractivity contribution in [1.82, 2.24) is 0 Å². The number of rotatable bonds is 2. The summed E-state index contributed by atoms with van der Waals surface area (Å²) in [5, 5.41) is 18.2. The van der Waals surface area contributed by atoms with Crippen molar-refractivity contribution >= 4 is 9.84 Å². The van der Waals surface area contributed by atoms with Gasteiger partial charge in [-0.25, -0.2) is 8.42 Å². The first-order valence-electron chi connectivity index (χ1n) is 5.03. The maximum absolute atomic E-state index is 11.9. The van der Waals surface area contributed by atoms with E-state index < -0.39 is 14.6 Å². The molecule has 0 aliphatic heterocycles. The minimum Gasteiger partial charge on any atom is -0.285 e. The summed E-state index contributed by atoms with van der Waals surface area (Å²) in [6, 6.07) is 4.76. The van der Waals surface area contributed by atoms with Gasteiger partial charge in [-0.05, 0) is 26.8 Å². The Morgan fingerprint density at radius 3 is 2.41 bits per heavy atom. The minimum atomic E-state index is -3.36. The third-order valence-corrected chi connectivity index (χ3v) is 4.95. The van der Waals surface area contributed by atoms with E-state index in [1.54, 1.807) is 20.8 Å². The van der Waals surface area contributed by atoms with Crippen molar-refractivity contribution in [2.75, 3.05) is 0 Å². The Morgan fingerprint density at radius 2 is 2.00 bits per heavy atom. The summed E-state index contributed by atoms with van der Waals surface area (Å²) >= 11 is 0. The molecule has 0 atom stereocenters. The molecule has 6 heteroatoms. The highest BCUT2D eigenvalue weighted by Crippen LogP contribution is 2.19. The van der Waals surface area contributed by atoms with Gasteiger partial charge in [0.05, 0.1) is 4.75 Å². The summed E-state index contributed by atoms with van der Waals surface area (Å²) in [6.45, 7) is 4.81. The van der Waals surface area contributed by atoms with E-state index in [2.05, 4.69) is 0 Å². The molecular formula is C11H15N2O3S+. The lowest BCUT2D eigenvalue weighted by Gasteiger charge is -2.17. The first-order valence-corrected chi connectivity index (χ1v) is 6.69. The molecule has 0 amide bonds. The van der Waals surface area contributed by atoms with Crippen LogP contribution in [0.15, 0.2) is 18.3 Å². The normalized spacial score (nSPS) is 12.1. The molecule has 0 aliphatic carbocycles. The van der Waals surface area contributed by atoms with Gasteiger partial charge in [0.2, 0.25) is 11.9 Å². The molecule has 1 aromatic heterocycles. The van der Waals surface area contributed by atoms with Crippen LogP contribution in [0.5, 0.6) is 0 Å². The molecular weight excluding hydrogens is 240 g/mol. The predicted octanol–water partition coefficient (Wildman–Crippen LogP) is 0.796.